The molecule has 0 aliphatic carbocycles. The number of hydrogen-bond acceptors (Lipinski definition) is 3. The first-order chi connectivity index (χ1) is 9.80. The number of guanidine groups is 1. The Morgan fingerprint density at radius 3 is 2.71 bits per heavy atom. The van der Waals surface area contributed by atoms with Crippen molar-refractivity contribution in [3.8, 4) is 0 Å². The second-order valence-electron chi connectivity index (χ2n) is 5.33. The molecule has 0 aromatic heterocycles. The van der Waals surface area contributed by atoms with Crippen LogP contribution in [0, 0.1) is 5.92 Å². The van der Waals surface area contributed by atoms with Gasteiger partial charge in [-0.1, -0.05) is 6.92 Å². The van der Waals surface area contributed by atoms with E-state index in [1.165, 1.54) is 26.1 Å². The molecule has 1 aliphatic heterocycles. The summed E-state index contributed by atoms with van der Waals surface area (Å²) in [4.78, 5) is 6.78. The molecule has 1 rings (SSSR count). The minimum atomic E-state index is 0. The van der Waals surface area contributed by atoms with Crippen LogP contribution in [0.4, 0.5) is 0 Å². The van der Waals surface area contributed by atoms with Crippen molar-refractivity contribution in [3.05, 3.63) is 0 Å². The van der Waals surface area contributed by atoms with Crippen LogP contribution < -0.4 is 10.6 Å². The first kappa shape index (κ1) is 20.9. The Kier molecular flexibility index (Phi) is 13.5. The summed E-state index contributed by atoms with van der Waals surface area (Å²) in [7, 11) is 1.84. The van der Waals surface area contributed by atoms with Gasteiger partial charge < -0.3 is 20.3 Å². The number of ether oxygens (including phenoxy) is 1. The minimum absolute atomic E-state index is 0. The molecular weight excluding hydrogens is 379 g/mol. The van der Waals surface area contributed by atoms with Crippen LogP contribution in [-0.2, 0) is 4.74 Å². The number of hydrogen-bond donors (Lipinski definition) is 2. The van der Waals surface area contributed by atoms with Gasteiger partial charge >= 0.3 is 0 Å². The molecule has 21 heavy (non-hydrogen) atoms. The fraction of sp³-hybridized carbons (Fsp3) is 0.933. The average molecular weight is 412 g/mol. The summed E-state index contributed by atoms with van der Waals surface area (Å²) in [5.74, 6) is 1.68. The summed E-state index contributed by atoms with van der Waals surface area (Å²) >= 11 is 0. The normalized spacial score (nSPS) is 19.4. The van der Waals surface area contributed by atoms with Crippen LogP contribution in [0.5, 0.6) is 0 Å². The van der Waals surface area contributed by atoms with Gasteiger partial charge in [0.2, 0.25) is 0 Å². The second-order valence-corrected chi connectivity index (χ2v) is 5.33. The molecule has 0 radical (unpaired) electrons. The van der Waals surface area contributed by atoms with Crippen LogP contribution in [0.2, 0.25) is 0 Å². The molecule has 126 valence electrons. The van der Waals surface area contributed by atoms with E-state index in [0.717, 1.165) is 51.0 Å². The summed E-state index contributed by atoms with van der Waals surface area (Å²) in [6.45, 7) is 11.6. The van der Waals surface area contributed by atoms with Crippen molar-refractivity contribution < 1.29 is 4.74 Å². The first-order valence-electron chi connectivity index (χ1n) is 8.04. The van der Waals surface area contributed by atoms with Gasteiger partial charge in [0.1, 0.15) is 0 Å². The third-order valence-corrected chi connectivity index (χ3v) is 3.81. The van der Waals surface area contributed by atoms with Crippen molar-refractivity contribution in [1.82, 2.24) is 15.5 Å². The van der Waals surface area contributed by atoms with Gasteiger partial charge in [0.15, 0.2) is 5.96 Å². The Morgan fingerprint density at radius 2 is 2.10 bits per heavy atom. The lowest BCUT2D eigenvalue weighted by Crippen LogP contribution is -2.40. The van der Waals surface area contributed by atoms with Crippen molar-refractivity contribution >= 4 is 29.9 Å². The highest BCUT2D eigenvalue weighted by Crippen LogP contribution is 2.14. The van der Waals surface area contributed by atoms with Gasteiger partial charge in [-0.05, 0) is 45.2 Å². The van der Waals surface area contributed by atoms with Crippen molar-refractivity contribution in [1.29, 1.82) is 0 Å². The second kappa shape index (κ2) is 13.6. The molecule has 1 heterocycles. The number of nitrogens with one attached hydrogen (secondary N) is 2. The van der Waals surface area contributed by atoms with Gasteiger partial charge in [-0.25, -0.2) is 0 Å². The fourth-order valence-electron chi connectivity index (χ4n) is 2.51. The van der Waals surface area contributed by atoms with Crippen molar-refractivity contribution in [2.24, 2.45) is 10.9 Å². The van der Waals surface area contributed by atoms with Gasteiger partial charge in [0.25, 0.3) is 0 Å². The van der Waals surface area contributed by atoms with Crippen LogP contribution >= 0.6 is 24.0 Å². The first-order valence-corrected chi connectivity index (χ1v) is 8.04. The molecule has 6 heteroatoms. The van der Waals surface area contributed by atoms with E-state index in [2.05, 4.69) is 27.4 Å². The highest BCUT2D eigenvalue weighted by atomic mass is 127. The number of nitrogens with zero attached hydrogens (tertiary/aromatic N) is 2. The van der Waals surface area contributed by atoms with E-state index in [-0.39, 0.29) is 24.0 Å². The Morgan fingerprint density at radius 1 is 1.29 bits per heavy atom. The molecule has 0 amide bonds. The fourth-order valence-corrected chi connectivity index (χ4v) is 2.51. The zero-order valence-electron chi connectivity index (χ0n) is 13.9. The summed E-state index contributed by atoms with van der Waals surface area (Å²) in [6.07, 6.45) is 3.52. The van der Waals surface area contributed by atoms with Gasteiger partial charge in [0.05, 0.1) is 0 Å². The van der Waals surface area contributed by atoms with Crippen LogP contribution in [0.3, 0.4) is 0 Å². The molecule has 0 saturated carbocycles. The molecule has 1 aliphatic rings. The molecule has 0 bridgehead atoms. The zero-order chi connectivity index (χ0) is 14.6. The van der Waals surface area contributed by atoms with E-state index in [4.69, 9.17) is 4.74 Å². The number of unbranched alkanes of at least 4 members (excludes halogenated alkanes) is 1. The quantitative estimate of drug-likeness (QED) is 0.263. The Hall–Kier alpha value is -0.0800. The Balaban J connectivity index is 0.00000400. The van der Waals surface area contributed by atoms with Gasteiger partial charge in [-0.3, -0.25) is 4.99 Å². The predicted octanol–water partition coefficient (Wildman–Crippen LogP) is 1.93. The van der Waals surface area contributed by atoms with Crippen molar-refractivity contribution in [2.75, 3.05) is 53.0 Å². The molecule has 1 saturated heterocycles. The van der Waals surface area contributed by atoms with E-state index in [1.807, 2.05) is 14.0 Å². The molecule has 1 unspecified atom stereocenters. The molecule has 0 aromatic carbocycles. The maximum Gasteiger partial charge on any atom is 0.190 e. The van der Waals surface area contributed by atoms with E-state index in [9.17, 15) is 0 Å². The largest absolute Gasteiger partial charge is 0.382 e. The molecular formula is C15H33IN4O. The summed E-state index contributed by atoms with van der Waals surface area (Å²) in [6, 6.07) is 0. The van der Waals surface area contributed by atoms with Crippen LogP contribution in [0.15, 0.2) is 4.99 Å². The maximum absolute atomic E-state index is 5.32. The van der Waals surface area contributed by atoms with Crippen LogP contribution in [0.1, 0.15) is 33.1 Å². The number of aliphatic imine (C=N–C) groups is 1. The molecule has 5 nitrogen and oxygen atoms in total. The van der Waals surface area contributed by atoms with Crippen LogP contribution in [-0.4, -0.2) is 63.8 Å². The zero-order valence-corrected chi connectivity index (χ0v) is 16.2. The van der Waals surface area contributed by atoms with Gasteiger partial charge in [0, 0.05) is 39.9 Å². The summed E-state index contributed by atoms with van der Waals surface area (Å²) in [5.41, 5.74) is 0. The lowest BCUT2D eigenvalue weighted by Gasteiger charge is -2.16. The minimum Gasteiger partial charge on any atom is -0.382 e. The Bertz CT molecular complexity index is 276. The standard InChI is InChI=1S/C15H32N4O.HI/c1-4-19-10-8-14(13-19)12-18-15(16-3)17-9-6-7-11-20-5-2;/h14H,4-13H2,1-3H3,(H2,16,17,18);1H. The highest BCUT2D eigenvalue weighted by molar-refractivity contribution is 14.0. The monoisotopic (exact) mass is 412 g/mol. The molecule has 0 spiro atoms. The molecule has 1 atom stereocenters. The smallest absolute Gasteiger partial charge is 0.190 e. The van der Waals surface area contributed by atoms with Crippen LogP contribution in [0.25, 0.3) is 0 Å². The van der Waals surface area contributed by atoms with E-state index < -0.39 is 0 Å². The Labute approximate surface area is 147 Å². The number of halogens is 1. The van der Waals surface area contributed by atoms with Gasteiger partial charge in [-0.15, -0.1) is 24.0 Å². The van der Waals surface area contributed by atoms with Crippen molar-refractivity contribution in [2.45, 2.75) is 33.1 Å². The van der Waals surface area contributed by atoms with Gasteiger partial charge in [-0.2, -0.15) is 0 Å². The topological polar surface area (TPSA) is 48.9 Å². The SMILES string of the molecule is CCOCCCCNC(=NC)NCC1CCN(CC)C1.I. The third-order valence-electron chi connectivity index (χ3n) is 3.81. The molecule has 2 N–H and O–H groups in total. The molecule has 1 fully saturated rings. The van der Waals surface area contributed by atoms with E-state index in [1.54, 1.807) is 0 Å². The van der Waals surface area contributed by atoms with E-state index in [0.29, 0.717) is 0 Å². The number of likely N-dealkylation sites (tertiary alicyclic amines) is 1. The molecule has 0 aromatic rings. The third kappa shape index (κ3) is 9.52. The number of rotatable bonds is 9. The van der Waals surface area contributed by atoms with E-state index >= 15 is 0 Å². The highest BCUT2D eigenvalue weighted by Gasteiger charge is 2.20. The summed E-state index contributed by atoms with van der Waals surface area (Å²) in [5, 5.41) is 6.80. The van der Waals surface area contributed by atoms with Crippen molar-refractivity contribution in [3.63, 3.8) is 0 Å². The maximum atomic E-state index is 5.32. The predicted molar refractivity (Wildman–Crippen MR) is 101 cm³/mol. The summed E-state index contributed by atoms with van der Waals surface area (Å²) < 4.78 is 5.32. The lowest BCUT2D eigenvalue weighted by molar-refractivity contribution is 0.143. The lowest BCUT2D eigenvalue weighted by atomic mass is 10.1. The average Bonchev–Trinajstić information content (AvgIpc) is 2.94.